The van der Waals surface area contributed by atoms with E-state index in [1.54, 1.807) is 6.92 Å². The molecule has 0 aromatic carbocycles. The van der Waals surface area contributed by atoms with Gasteiger partial charge in [0.1, 0.15) is 11.9 Å². The molecule has 1 aliphatic rings. The van der Waals surface area contributed by atoms with E-state index in [2.05, 4.69) is 20.6 Å². The molecular formula is C19H29N7O2S. The van der Waals surface area contributed by atoms with Crippen molar-refractivity contribution in [2.75, 3.05) is 10.6 Å². The van der Waals surface area contributed by atoms with E-state index in [0.717, 1.165) is 6.42 Å². The minimum atomic E-state index is -0.760. The summed E-state index contributed by atoms with van der Waals surface area (Å²) in [5.74, 6) is -0.228. The molecule has 0 bridgehead atoms. The Bertz CT molecular complexity index is 778. The standard InChI is InChI=1S/C19H29N7O2S/c1-11(20)9-15(29)26-19-16(18(22)28)23-10-14(25-19)24-13(17(21)27)8-7-12-5-3-2-4-6-12/h10,12-13,20H,2-9H2,1H3,(H2,21,27)(H2,22,28)(H2,24,25,26,29). The number of rotatable bonds is 10. The van der Waals surface area contributed by atoms with Gasteiger partial charge in [-0.25, -0.2) is 9.97 Å². The molecule has 7 N–H and O–H groups in total. The Morgan fingerprint density at radius 1 is 1.31 bits per heavy atom. The summed E-state index contributed by atoms with van der Waals surface area (Å²) in [6.45, 7) is 1.62. The number of primary amides is 2. The highest BCUT2D eigenvalue weighted by Crippen LogP contribution is 2.28. The molecule has 0 radical (unpaired) electrons. The van der Waals surface area contributed by atoms with Crippen LogP contribution in [0, 0.1) is 11.3 Å². The van der Waals surface area contributed by atoms with E-state index in [1.165, 1.54) is 38.3 Å². The van der Waals surface area contributed by atoms with Crippen molar-refractivity contribution >= 4 is 46.4 Å². The van der Waals surface area contributed by atoms with Crippen LogP contribution in [0.5, 0.6) is 0 Å². The first-order chi connectivity index (χ1) is 13.8. The molecule has 1 aromatic rings. The number of aromatic nitrogens is 2. The van der Waals surface area contributed by atoms with Crippen molar-refractivity contribution in [1.29, 1.82) is 5.41 Å². The Balaban J connectivity index is 2.10. The second-order valence-corrected chi connectivity index (χ2v) is 8.00. The predicted octanol–water partition coefficient (Wildman–Crippen LogP) is 2.37. The maximum atomic E-state index is 11.9. The lowest BCUT2D eigenvalue weighted by Crippen LogP contribution is -2.36. The number of nitrogens with two attached hydrogens (primary N) is 2. The number of nitrogens with one attached hydrogen (secondary N) is 3. The van der Waals surface area contributed by atoms with E-state index >= 15 is 0 Å². The SMILES string of the molecule is CC(=N)CC(=S)Nc1nc(NC(CCC2CCCCC2)C(N)=O)cnc1C(N)=O. The van der Waals surface area contributed by atoms with Gasteiger partial charge in [0.2, 0.25) is 5.91 Å². The zero-order valence-corrected chi connectivity index (χ0v) is 17.5. The Kier molecular flexibility index (Phi) is 8.44. The average molecular weight is 420 g/mol. The van der Waals surface area contributed by atoms with Gasteiger partial charge in [-0.3, -0.25) is 9.59 Å². The Labute approximate surface area is 175 Å². The van der Waals surface area contributed by atoms with Gasteiger partial charge in [-0.2, -0.15) is 0 Å². The monoisotopic (exact) mass is 419 g/mol. The van der Waals surface area contributed by atoms with Crippen LogP contribution in [-0.2, 0) is 4.79 Å². The van der Waals surface area contributed by atoms with Crippen LogP contribution in [0.4, 0.5) is 11.6 Å². The summed E-state index contributed by atoms with van der Waals surface area (Å²) < 4.78 is 0. The second-order valence-electron chi connectivity index (χ2n) is 7.50. The third-order valence-electron chi connectivity index (χ3n) is 4.94. The molecule has 0 spiro atoms. The van der Waals surface area contributed by atoms with E-state index < -0.39 is 17.9 Å². The van der Waals surface area contributed by atoms with Gasteiger partial charge in [0.25, 0.3) is 5.91 Å². The number of hydrogen-bond acceptors (Lipinski definition) is 7. The van der Waals surface area contributed by atoms with E-state index in [4.69, 9.17) is 29.1 Å². The highest BCUT2D eigenvalue weighted by atomic mass is 32.1. The molecule has 1 unspecified atom stereocenters. The van der Waals surface area contributed by atoms with Gasteiger partial charge in [-0.15, -0.1) is 0 Å². The topological polar surface area (TPSA) is 160 Å². The highest BCUT2D eigenvalue weighted by Gasteiger charge is 2.21. The van der Waals surface area contributed by atoms with E-state index in [-0.39, 0.29) is 17.9 Å². The maximum Gasteiger partial charge on any atom is 0.271 e. The Hall–Kier alpha value is -2.62. The van der Waals surface area contributed by atoms with Crippen LogP contribution in [0.1, 0.15) is 68.8 Å². The molecule has 2 rings (SSSR count). The second kappa shape index (κ2) is 10.8. The molecule has 1 aromatic heterocycles. The molecule has 1 aliphatic carbocycles. The van der Waals surface area contributed by atoms with Gasteiger partial charge >= 0.3 is 0 Å². The van der Waals surface area contributed by atoms with Gasteiger partial charge in [-0.05, 0) is 25.7 Å². The maximum absolute atomic E-state index is 11.9. The van der Waals surface area contributed by atoms with Crippen LogP contribution in [0.2, 0.25) is 0 Å². The number of nitrogens with zero attached hydrogens (tertiary/aromatic N) is 2. The van der Waals surface area contributed by atoms with E-state index in [1.807, 2.05) is 0 Å². The van der Waals surface area contributed by atoms with Crippen molar-refractivity contribution < 1.29 is 9.59 Å². The minimum Gasteiger partial charge on any atom is -0.368 e. The van der Waals surface area contributed by atoms with Crippen LogP contribution in [-0.4, -0.2) is 38.5 Å². The largest absolute Gasteiger partial charge is 0.368 e. The number of anilines is 2. The van der Waals surface area contributed by atoms with Crippen LogP contribution in [0.3, 0.4) is 0 Å². The lowest BCUT2D eigenvalue weighted by atomic mass is 9.85. The van der Waals surface area contributed by atoms with Gasteiger partial charge in [0, 0.05) is 12.1 Å². The van der Waals surface area contributed by atoms with E-state index in [9.17, 15) is 9.59 Å². The van der Waals surface area contributed by atoms with Gasteiger partial charge in [0.15, 0.2) is 11.5 Å². The lowest BCUT2D eigenvalue weighted by Gasteiger charge is -2.24. The molecule has 9 nitrogen and oxygen atoms in total. The van der Waals surface area contributed by atoms with Gasteiger partial charge < -0.3 is 27.5 Å². The molecule has 2 amide bonds. The minimum absolute atomic E-state index is 0.0710. The first-order valence-corrected chi connectivity index (χ1v) is 10.2. The molecule has 0 saturated heterocycles. The van der Waals surface area contributed by atoms with Crippen molar-refractivity contribution in [3.8, 4) is 0 Å². The summed E-state index contributed by atoms with van der Waals surface area (Å²) in [7, 11) is 0. The van der Waals surface area contributed by atoms with Crippen molar-refractivity contribution in [2.45, 2.75) is 64.3 Å². The summed E-state index contributed by atoms with van der Waals surface area (Å²) >= 11 is 5.18. The quantitative estimate of drug-likeness (QED) is 0.287. The number of carbonyl (C=O) groups excluding carboxylic acids is 2. The normalized spacial score (nSPS) is 15.3. The first-order valence-electron chi connectivity index (χ1n) is 9.82. The predicted molar refractivity (Wildman–Crippen MR) is 117 cm³/mol. The van der Waals surface area contributed by atoms with Crippen molar-refractivity contribution in [3.63, 3.8) is 0 Å². The van der Waals surface area contributed by atoms with Crippen LogP contribution in [0.15, 0.2) is 6.20 Å². The molecule has 158 valence electrons. The van der Waals surface area contributed by atoms with Crippen molar-refractivity contribution in [1.82, 2.24) is 9.97 Å². The molecular weight excluding hydrogens is 390 g/mol. The Morgan fingerprint density at radius 2 is 2.00 bits per heavy atom. The zero-order chi connectivity index (χ0) is 21.4. The summed E-state index contributed by atoms with van der Waals surface area (Å²) in [5.41, 5.74) is 11.2. The van der Waals surface area contributed by atoms with Crippen molar-refractivity contribution in [2.24, 2.45) is 17.4 Å². The lowest BCUT2D eigenvalue weighted by molar-refractivity contribution is -0.118. The summed E-state index contributed by atoms with van der Waals surface area (Å²) in [5, 5.41) is 13.3. The first kappa shape index (κ1) is 22.7. The molecule has 29 heavy (non-hydrogen) atoms. The molecule has 1 saturated carbocycles. The fourth-order valence-corrected chi connectivity index (χ4v) is 3.80. The highest BCUT2D eigenvalue weighted by molar-refractivity contribution is 7.80. The molecule has 0 aliphatic heterocycles. The number of hydrogen-bond donors (Lipinski definition) is 5. The van der Waals surface area contributed by atoms with Gasteiger partial charge in [-0.1, -0.05) is 44.3 Å². The molecule has 1 atom stereocenters. The third-order valence-corrected chi connectivity index (χ3v) is 5.19. The Morgan fingerprint density at radius 3 is 2.59 bits per heavy atom. The third kappa shape index (κ3) is 7.37. The fourth-order valence-electron chi connectivity index (χ4n) is 3.49. The van der Waals surface area contributed by atoms with Crippen LogP contribution in [0.25, 0.3) is 0 Å². The summed E-state index contributed by atoms with van der Waals surface area (Å²) in [4.78, 5) is 32.2. The zero-order valence-electron chi connectivity index (χ0n) is 16.7. The van der Waals surface area contributed by atoms with Gasteiger partial charge in [0.05, 0.1) is 11.2 Å². The molecule has 1 fully saturated rings. The van der Waals surface area contributed by atoms with Crippen LogP contribution < -0.4 is 22.1 Å². The number of thiocarbonyl (C=S) groups is 1. The van der Waals surface area contributed by atoms with E-state index in [0.29, 0.717) is 28.9 Å². The average Bonchev–Trinajstić information content (AvgIpc) is 2.65. The van der Waals surface area contributed by atoms with Crippen molar-refractivity contribution in [3.05, 3.63) is 11.9 Å². The summed E-state index contributed by atoms with van der Waals surface area (Å²) in [6, 6.07) is -0.589. The fraction of sp³-hybridized carbons (Fsp3) is 0.579. The molecule has 1 heterocycles. The molecule has 10 heteroatoms. The number of carbonyl (C=O) groups is 2. The smallest absolute Gasteiger partial charge is 0.271 e. The number of amides is 2. The van der Waals surface area contributed by atoms with Crippen LogP contribution >= 0.6 is 12.2 Å². The summed E-state index contributed by atoms with van der Waals surface area (Å²) in [6.07, 6.45) is 9.23.